The Labute approximate surface area is 170 Å². The van der Waals surface area contributed by atoms with Crippen molar-refractivity contribution < 1.29 is 19.0 Å². The van der Waals surface area contributed by atoms with Crippen LogP contribution in [0.1, 0.15) is 34.5 Å². The van der Waals surface area contributed by atoms with Gasteiger partial charge >= 0.3 is 0 Å². The van der Waals surface area contributed by atoms with E-state index in [0.717, 1.165) is 43.7 Å². The summed E-state index contributed by atoms with van der Waals surface area (Å²) in [7, 11) is 3.27. The summed E-state index contributed by atoms with van der Waals surface area (Å²) < 4.78 is 16.4. The van der Waals surface area contributed by atoms with E-state index < -0.39 is 0 Å². The number of benzene rings is 1. The minimum absolute atomic E-state index is 0.103. The monoisotopic (exact) mass is 398 g/mol. The quantitative estimate of drug-likeness (QED) is 0.796. The maximum atomic E-state index is 12.5. The highest BCUT2D eigenvalue weighted by molar-refractivity contribution is 5.92. The number of nitrogens with zero attached hydrogens (tertiary/aromatic N) is 3. The SMILES string of the molecule is COc1cc2c(cc1OC)CN(c1nccc(C(=O)NCC3CCCO3)n1)CC2. The van der Waals surface area contributed by atoms with Crippen LogP contribution in [0.15, 0.2) is 24.4 Å². The smallest absolute Gasteiger partial charge is 0.270 e. The molecule has 8 nitrogen and oxygen atoms in total. The van der Waals surface area contributed by atoms with Crippen molar-refractivity contribution in [2.45, 2.75) is 31.9 Å². The van der Waals surface area contributed by atoms with Crippen LogP contribution in [0.5, 0.6) is 11.5 Å². The van der Waals surface area contributed by atoms with Crippen LogP contribution in [-0.2, 0) is 17.7 Å². The molecule has 1 unspecified atom stereocenters. The molecule has 0 saturated carbocycles. The van der Waals surface area contributed by atoms with Gasteiger partial charge in [-0.1, -0.05) is 0 Å². The maximum Gasteiger partial charge on any atom is 0.270 e. The molecule has 2 aliphatic heterocycles. The number of fused-ring (bicyclic) bond motifs is 1. The molecule has 1 aromatic heterocycles. The van der Waals surface area contributed by atoms with Crippen molar-refractivity contribution >= 4 is 11.9 Å². The molecule has 4 rings (SSSR count). The van der Waals surface area contributed by atoms with Crippen molar-refractivity contribution in [2.75, 3.05) is 38.8 Å². The van der Waals surface area contributed by atoms with Crippen LogP contribution in [0.25, 0.3) is 0 Å². The third-order valence-electron chi connectivity index (χ3n) is 5.39. The lowest BCUT2D eigenvalue weighted by Gasteiger charge is -2.29. The topological polar surface area (TPSA) is 85.8 Å². The highest BCUT2D eigenvalue weighted by atomic mass is 16.5. The summed E-state index contributed by atoms with van der Waals surface area (Å²) in [4.78, 5) is 23.4. The lowest BCUT2D eigenvalue weighted by Crippen LogP contribution is -2.34. The largest absolute Gasteiger partial charge is 0.493 e. The summed E-state index contributed by atoms with van der Waals surface area (Å²) in [5.41, 5.74) is 2.74. The molecule has 1 N–H and O–H groups in total. The predicted octanol–water partition coefficient (Wildman–Crippen LogP) is 1.97. The number of methoxy groups -OCH3 is 2. The third kappa shape index (κ3) is 4.27. The molecule has 0 radical (unpaired) electrons. The average molecular weight is 398 g/mol. The molecule has 2 aromatic rings. The zero-order valence-corrected chi connectivity index (χ0v) is 16.8. The Balaban J connectivity index is 1.46. The number of hydrogen-bond acceptors (Lipinski definition) is 7. The first-order chi connectivity index (χ1) is 14.2. The molecule has 2 aliphatic rings. The molecule has 1 aromatic carbocycles. The summed E-state index contributed by atoms with van der Waals surface area (Å²) in [6.07, 6.45) is 4.61. The number of hydrogen-bond donors (Lipinski definition) is 1. The van der Waals surface area contributed by atoms with E-state index >= 15 is 0 Å². The number of rotatable bonds is 6. The molecule has 3 heterocycles. The summed E-state index contributed by atoms with van der Waals surface area (Å²) >= 11 is 0. The van der Waals surface area contributed by atoms with Crippen molar-refractivity contribution in [3.8, 4) is 11.5 Å². The van der Waals surface area contributed by atoms with Gasteiger partial charge in [0.05, 0.1) is 20.3 Å². The molecule has 29 heavy (non-hydrogen) atoms. The first-order valence-electron chi connectivity index (χ1n) is 9.89. The van der Waals surface area contributed by atoms with Crippen LogP contribution in [-0.4, -0.2) is 55.9 Å². The lowest BCUT2D eigenvalue weighted by atomic mass is 9.99. The van der Waals surface area contributed by atoms with E-state index in [1.807, 2.05) is 12.1 Å². The van der Waals surface area contributed by atoms with Gasteiger partial charge in [-0.05, 0) is 48.6 Å². The number of anilines is 1. The average Bonchev–Trinajstić information content (AvgIpc) is 3.29. The molecule has 1 amide bonds. The zero-order valence-electron chi connectivity index (χ0n) is 16.8. The molecule has 1 fully saturated rings. The van der Waals surface area contributed by atoms with E-state index in [2.05, 4.69) is 20.2 Å². The molecule has 1 saturated heterocycles. The number of carbonyl (C=O) groups is 1. The van der Waals surface area contributed by atoms with Gasteiger partial charge in [0.25, 0.3) is 5.91 Å². The first kappa shape index (κ1) is 19.4. The normalized spacial score (nSPS) is 18.3. The van der Waals surface area contributed by atoms with E-state index in [-0.39, 0.29) is 12.0 Å². The van der Waals surface area contributed by atoms with Gasteiger partial charge in [-0.25, -0.2) is 9.97 Å². The van der Waals surface area contributed by atoms with E-state index in [0.29, 0.717) is 30.5 Å². The first-order valence-corrected chi connectivity index (χ1v) is 9.89. The zero-order chi connectivity index (χ0) is 20.2. The van der Waals surface area contributed by atoms with Crippen LogP contribution >= 0.6 is 0 Å². The van der Waals surface area contributed by atoms with Crippen LogP contribution in [0.2, 0.25) is 0 Å². The van der Waals surface area contributed by atoms with E-state index in [4.69, 9.17) is 14.2 Å². The lowest BCUT2D eigenvalue weighted by molar-refractivity contribution is 0.0853. The van der Waals surface area contributed by atoms with E-state index in [9.17, 15) is 4.79 Å². The fraction of sp³-hybridized carbons (Fsp3) is 0.476. The number of nitrogens with one attached hydrogen (secondary N) is 1. The Morgan fingerprint density at radius 2 is 2.07 bits per heavy atom. The molecule has 0 aliphatic carbocycles. The van der Waals surface area contributed by atoms with Gasteiger partial charge in [0.1, 0.15) is 5.69 Å². The summed E-state index contributed by atoms with van der Waals surface area (Å²) in [6, 6.07) is 5.67. The van der Waals surface area contributed by atoms with Crippen LogP contribution in [0, 0.1) is 0 Å². The van der Waals surface area contributed by atoms with Gasteiger partial charge in [-0.3, -0.25) is 4.79 Å². The van der Waals surface area contributed by atoms with Crippen molar-refractivity contribution in [1.82, 2.24) is 15.3 Å². The van der Waals surface area contributed by atoms with Gasteiger partial charge in [0.2, 0.25) is 5.95 Å². The van der Waals surface area contributed by atoms with Gasteiger partial charge in [0, 0.05) is 32.4 Å². The number of carbonyl (C=O) groups excluding carboxylic acids is 1. The second-order valence-corrected chi connectivity index (χ2v) is 7.23. The molecule has 1 atom stereocenters. The Kier molecular flexibility index (Phi) is 5.80. The predicted molar refractivity (Wildman–Crippen MR) is 108 cm³/mol. The second kappa shape index (κ2) is 8.65. The molecule has 0 bridgehead atoms. The van der Waals surface area contributed by atoms with Crippen molar-refractivity contribution in [1.29, 1.82) is 0 Å². The number of ether oxygens (including phenoxy) is 3. The van der Waals surface area contributed by atoms with Crippen molar-refractivity contribution in [3.63, 3.8) is 0 Å². The Morgan fingerprint density at radius 1 is 1.28 bits per heavy atom. The van der Waals surface area contributed by atoms with E-state index in [1.54, 1.807) is 26.5 Å². The maximum absolute atomic E-state index is 12.5. The molecular weight excluding hydrogens is 372 g/mol. The Hall–Kier alpha value is -2.87. The molecular formula is C21H26N4O4. The summed E-state index contributed by atoms with van der Waals surface area (Å²) in [5.74, 6) is 1.79. The fourth-order valence-corrected chi connectivity index (χ4v) is 3.78. The van der Waals surface area contributed by atoms with Crippen molar-refractivity contribution in [3.05, 3.63) is 41.2 Å². The summed E-state index contributed by atoms with van der Waals surface area (Å²) in [5, 5.41) is 2.91. The fourth-order valence-electron chi connectivity index (χ4n) is 3.78. The Bertz CT molecular complexity index is 883. The van der Waals surface area contributed by atoms with Gasteiger partial charge < -0.3 is 24.4 Å². The number of amides is 1. The van der Waals surface area contributed by atoms with E-state index in [1.165, 1.54) is 5.56 Å². The molecule has 0 spiro atoms. The minimum atomic E-state index is -0.201. The second-order valence-electron chi connectivity index (χ2n) is 7.23. The highest BCUT2D eigenvalue weighted by Crippen LogP contribution is 2.33. The highest BCUT2D eigenvalue weighted by Gasteiger charge is 2.22. The third-order valence-corrected chi connectivity index (χ3v) is 5.39. The Morgan fingerprint density at radius 3 is 2.79 bits per heavy atom. The van der Waals surface area contributed by atoms with Crippen molar-refractivity contribution in [2.24, 2.45) is 0 Å². The van der Waals surface area contributed by atoms with Crippen LogP contribution in [0.4, 0.5) is 5.95 Å². The minimum Gasteiger partial charge on any atom is -0.493 e. The van der Waals surface area contributed by atoms with Gasteiger partial charge in [-0.2, -0.15) is 0 Å². The van der Waals surface area contributed by atoms with Crippen LogP contribution in [0.3, 0.4) is 0 Å². The molecule has 8 heteroatoms. The van der Waals surface area contributed by atoms with Gasteiger partial charge in [-0.15, -0.1) is 0 Å². The van der Waals surface area contributed by atoms with Gasteiger partial charge in [0.15, 0.2) is 11.5 Å². The number of aromatic nitrogens is 2. The summed E-state index contributed by atoms with van der Waals surface area (Å²) in [6.45, 7) is 2.70. The standard InChI is InChI=1S/C21H26N4O4/c1-27-18-10-14-6-8-25(13-15(14)11-19(18)28-2)21-22-7-5-17(24-21)20(26)23-12-16-4-3-9-29-16/h5,7,10-11,16H,3-4,6,8-9,12-13H2,1-2H3,(H,23,26). The van der Waals surface area contributed by atoms with Crippen LogP contribution < -0.4 is 19.7 Å². The molecule has 154 valence electrons.